The molecule has 0 bridgehead atoms. The second-order valence-corrected chi connectivity index (χ2v) is 34.0. The summed E-state index contributed by atoms with van der Waals surface area (Å²) in [6.07, 6.45) is 104. The van der Waals surface area contributed by atoms with Crippen LogP contribution in [0.15, 0.2) is 35.4 Å². The second kappa shape index (κ2) is 80.6. The van der Waals surface area contributed by atoms with E-state index in [0.717, 1.165) is 75.6 Å². The summed E-state index contributed by atoms with van der Waals surface area (Å²) in [6, 6.07) is 10.1. The number of unbranched alkanes of at least 4 members (excludes halogenated alkanes) is 59. The van der Waals surface area contributed by atoms with Crippen LogP contribution in [0.1, 0.15) is 563 Å². The molecule has 3 rings (SSSR count). The largest absolute Gasteiger partial charge is 2.00 e. The molecule has 2 nitrogen and oxygen atoms in total. The molecule has 0 aliphatic carbocycles. The van der Waals surface area contributed by atoms with Crippen molar-refractivity contribution in [3.05, 3.63) is 99.3 Å². The molecule has 0 atom stereocenters. The third-order valence-electron chi connectivity index (χ3n) is 23.9. The molecule has 2 aromatic carbocycles. The minimum absolute atomic E-state index is 0. The van der Waals surface area contributed by atoms with Gasteiger partial charge in [-0.05, 0) is 154 Å². The first-order valence-electron chi connectivity index (χ1n) is 49.1. The Labute approximate surface area is 684 Å². The first kappa shape index (κ1) is 105. The van der Waals surface area contributed by atoms with Gasteiger partial charge in [-0.2, -0.15) is 12.8 Å². The predicted molar refractivity (Wildman–Crippen MR) is 483 cm³/mol. The second-order valence-electron chi connectivity index (χ2n) is 34.0. The van der Waals surface area contributed by atoms with Crippen molar-refractivity contribution in [1.29, 1.82) is 0 Å². The molecule has 0 aromatic heterocycles. The van der Waals surface area contributed by atoms with Crippen LogP contribution in [0.3, 0.4) is 0 Å². The van der Waals surface area contributed by atoms with Gasteiger partial charge in [0.1, 0.15) is 0 Å². The number of aryl methyl sites for hydroxylation is 4. The molecule has 3 heteroatoms. The number of rotatable bonds is 76. The van der Waals surface area contributed by atoms with Gasteiger partial charge in [-0.1, -0.05) is 448 Å². The van der Waals surface area contributed by atoms with Crippen LogP contribution in [0.25, 0.3) is 16.9 Å². The van der Waals surface area contributed by atoms with E-state index in [0.29, 0.717) is 0 Å². The van der Waals surface area contributed by atoms with Crippen molar-refractivity contribution in [2.24, 2.45) is 0 Å². The molecule has 0 saturated carbocycles. The van der Waals surface area contributed by atoms with E-state index in [9.17, 15) is 5.53 Å². The molecule has 0 unspecified atom stereocenters. The maximum absolute atomic E-state index is 12.7. The zero-order chi connectivity index (χ0) is 77.1. The van der Waals surface area contributed by atoms with E-state index in [1.54, 1.807) is 38.1 Å². The summed E-state index contributed by atoms with van der Waals surface area (Å²) in [7, 11) is 0. The van der Waals surface area contributed by atoms with E-state index < -0.39 is 0 Å². The Morgan fingerprint density at radius 2 is 0.393 bits per heavy atom. The van der Waals surface area contributed by atoms with Crippen LogP contribution in [-0.2, 0) is 55.0 Å². The molecule has 626 valence electrons. The molecule has 0 radical (unpaired) electrons. The standard InChI is InChI=1S/C52H84N2.2C26H53.Ni/c1-9-17-24-30-41-37-45(38-42(31-25-18-10-2)48(41)35-28-21-13-5)51-47(16-8)50(34-23-15-7)52(54(51)53)46-39-43(32-26-19-11-3)49(36-29-22-14-6)44(40-46)33-27-20-12-4;2*1-3-5-7-9-11-13-15-17-19-21-23-25-26-24-22-20-18-16-14-12-10-8-6-4-2;/h37-40H,9-36H2,1-8H3;2*1,3-26H2,2H3;/q;2*-1;+2. The van der Waals surface area contributed by atoms with Crippen molar-refractivity contribution in [3.8, 4) is 0 Å². The van der Waals surface area contributed by atoms with Gasteiger partial charge in [-0.25, -0.2) is 4.70 Å². The monoisotopic (exact) mass is 1530 g/mol. The molecule has 1 heterocycles. The van der Waals surface area contributed by atoms with E-state index in [1.807, 2.05) is 0 Å². The van der Waals surface area contributed by atoms with Crippen molar-refractivity contribution in [2.45, 2.75) is 557 Å². The minimum Gasteiger partial charge on any atom is -0.493 e. The van der Waals surface area contributed by atoms with Crippen molar-refractivity contribution < 1.29 is 21.2 Å². The quantitative estimate of drug-likeness (QED) is 0.0273. The summed E-state index contributed by atoms with van der Waals surface area (Å²) in [5, 5.41) is 0. The number of hydrogen-bond acceptors (Lipinski definition) is 0. The van der Waals surface area contributed by atoms with Gasteiger partial charge in [0.2, 0.25) is 11.4 Å². The Bertz CT molecular complexity index is 2140. The summed E-state index contributed by atoms with van der Waals surface area (Å²) < 4.78 is 1.69. The van der Waals surface area contributed by atoms with Gasteiger partial charge < -0.3 is 19.4 Å². The molecule has 2 aromatic rings. The average Bonchev–Trinajstić information content (AvgIpc) is 1.61. The number of benzene rings is 2. The first-order chi connectivity index (χ1) is 52.3. The van der Waals surface area contributed by atoms with E-state index in [1.165, 1.54) is 446 Å². The molecule has 107 heavy (non-hydrogen) atoms. The molecule has 1 aliphatic rings. The summed E-state index contributed by atoms with van der Waals surface area (Å²) in [4.78, 5) is 0. The minimum atomic E-state index is 0. The van der Waals surface area contributed by atoms with Gasteiger partial charge in [0.05, 0.1) is 0 Å². The summed E-state index contributed by atoms with van der Waals surface area (Å²) in [6.45, 7) is 31.0. The van der Waals surface area contributed by atoms with E-state index in [4.69, 9.17) is 0 Å². The number of nitrogens with zero attached hydrogens (tertiary/aromatic N) is 2. The molecular formula is C104H190N2Ni. The van der Waals surface area contributed by atoms with Gasteiger partial charge >= 0.3 is 16.5 Å². The van der Waals surface area contributed by atoms with Crippen LogP contribution in [0.4, 0.5) is 0 Å². The van der Waals surface area contributed by atoms with Crippen molar-refractivity contribution in [2.75, 3.05) is 0 Å². The van der Waals surface area contributed by atoms with E-state index in [2.05, 4.69) is 107 Å². The Balaban J connectivity index is 0.00000177. The SMILES string of the molecule is CCCCCc1cc(C2=C(CC)C(CCCC)=C(c3cc(CCCCC)c(CCCCC)c(CCCCC)c3)[N+]2=[N-])cc(CCCCC)c1CCCCC.[CH2-]CCCCCCCCCCCCCCCCCCCCCCCCC.[CH2-]CCCCCCCCCCCCCCCCCCCCCCCCC.[Ni+2]. The number of hydrogen-bond donors (Lipinski definition) is 0. The van der Waals surface area contributed by atoms with Gasteiger partial charge in [0, 0.05) is 22.3 Å². The van der Waals surface area contributed by atoms with Crippen LogP contribution in [0.5, 0.6) is 0 Å². The third kappa shape index (κ3) is 55.2. The van der Waals surface area contributed by atoms with E-state index in [-0.39, 0.29) is 16.5 Å². The fourth-order valence-corrected chi connectivity index (χ4v) is 16.9. The maximum atomic E-state index is 12.7. The molecule has 0 amide bonds. The van der Waals surface area contributed by atoms with Crippen LogP contribution >= 0.6 is 0 Å². The Hall–Kier alpha value is -1.99. The smallest absolute Gasteiger partial charge is 0.493 e. The van der Waals surface area contributed by atoms with Crippen LogP contribution in [-0.4, -0.2) is 4.70 Å². The van der Waals surface area contributed by atoms with Gasteiger partial charge in [-0.15, -0.1) is 0 Å². The van der Waals surface area contributed by atoms with Gasteiger partial charge in [0.25, 0.3) is 0 Å². The first-order valence-corrected chi connectivity index (χ1v) is 49.1. The molecular weight excluding hydrogens is 1340 g/mol. The molecule has 0 spiro atoms. The molecule has 1 aliphatic heterocycles. The fourth-order valence-electron chi connectivity index (χ4n) is 16.9. The Morgan fingerprint density at radius 1 is 0.215 bits per heavy atom. The summed E-state index contributed by atoms with van der Waals surface area (Å²) >= 11 is 0. The predicted octanol–water partition coefficient (Wildman–Crippen LogP) is 37.3. The van der Waals surface area contributed by atoms with E-state index >= 15 is 0 Å². The average molecular weight is 1530 g/mol. The topological polar surface area (TPSA) is 25.3 Å². The van der Waals surface area contributed by atoms with Crippen LogP contribution in [0, 0.1) is 13.8 Å². The van der Waals surface area contributed by atoms with Gasteiger partial charge in [-0.3, -0.25) is 0 Å². The van der Waals surface area contributed by atoms with Crippen LogP contribution < -0.4 is 0 Å². The number of allylic oxidation sites excluding steroid dienone is 2. The third-order valence-corrected chi connectivity index (χ3v) is 23.9. The van der Waals surface area contributed by atoms with Crippen LogP contribution in [0.2, 0.25) is 0 Å². The van der Waals surface area contributed by atoms with Crippen molar-refractivity contribution in [3.63, 3.8) is 0 Å². The van der Waals surface area contributed by atoms with Crippen molar-refractivity contribution in [1.82, 2.24) is 0 Å². The molecule has 0 fully saturated rings. The van der Waals surface area contributed by atoms with Gasteiger partial charge in [0.15, 0.2) is 0 Å². The molecule has 0 saturated heterocycles. The summed E-state index contributed by atoms with van der Waals surface area (Å²) in [5.74, 6) is 0. The Morgan fingerprint density at radius 3 is 0.589 bits per heavy atom. The zero-order valence-corrected chi connectivity index (χ0v) is 75.7. The fraction of sp³-hybridized carbons (Fsp3) is 0.827. The maximum Gasteiger partial charge on any atom is 2.00 e. The van der Waals surface area contributed by atoms with Crippen molar-refractivity contribution >= 4 is 11.4 Å². The normalized spacial score (nSPS) is 12.2. The molecule has 0 N–H and O–H groups in total. The zero-order valence-electron chi connectivity index (χ0n) is 74.7. The Kier molecular flexibility index (Phi) is 79.1. The summed E-state index contributed by atoms with van der Waals surface area (Å²) in [5.41, 5.74) is 29.6.